The lowest BCUT2D eigenvalue weighted by Crippen LogP contribution is -2.52. The summed E-state index contributed by atoms with van der Waals surface area (Å²) in [6.45, 7) is 4.28. The average molecular weight is 291 g/mol. The second-order valence-corrected chi connectivity index (χ2v) is 7.14. The van der Waals surface area contributed by atoms with Crippen LogP contribution < -0.4 is 11.1 Å². The fraction of sp³-hybridized carbons (Fsp3) is 0.812. The normalized spacial score (nSPS) is 29.9. The van der Waals surface area contributed by atoms with E-state index >= 15 is 0 Å². The van der Waals surface area contributed by atoms with Crippen LogP contribution in [-0.2, 0) is 7.05 Å². The lowest BCUT2D eigenvalue weighted by Gasteiger charge is -2.47. The van der Waals surface area contributed by atoms with Gasteiger partial charge in [-0.05, 0) is 38.6 Å². The molecule has 1 aromatic heterocycles. The summed E-state index contributed by atoms with van der Waals surface area (Å²) in [6.07, 6.45) is 6.49. The molecule has 118 valence electrons. The third-order valence-corrected chi connectivity index (χ3v) is 5.34. The molecule has 0 spiro atoms. The fourth-order valence-electron chi connectivity index (χ4n) is 4.09. The van der Waals surface area contributed by atoms with Gasteiger partial charge in [0.15, 0.2) is 0 Å². The Morgan fingerprint density at radius 1 is 1.19 bits per heavy atom. The van der Waals surface area contributed by atoms with Crippen LogP contribution in [0.3, 0.4) is 0 Å². The fourth-order valence-corrected chi connectivity index (χ4v) is 4.09. The number of aryl methyl sites for hydroxylation is 1. The van der Waals surface area contributed by atoms with Gasteiger partial charge in [-0.1, -0.05) is 20.3 Å². The van der Waals surface area contributed by atoms with Crippen molar-refractivity contribution in [3.05, 3.63) is 5.69 Å². The van der Waals surface area contributed by atoms with Crippen LogP contribution in [0.5, 0.6) is 0 Å². The van der Waals surface area contributed by atoms with Gasteiger partial charge in [-0.25, -0.2) is 0 Å². The van der Waals surface area contributed by atoms with Crippen LogP contribution in [0.15, 0.2) is 0 Å². The molecule has 2 fully saturated rings. The summed E-state index contributed by atoms with van der Waals surface area (Å²) in [7, 11) is 4.28. The highest BCUT2D eigenvalue weighted by molar-refractivity contribution is 5.66. The second kappa shape index (κ2) is 5.52. The highest BCUT2D eigenvalue weighted by atomic mass is 15.3. The molecule has 3 heterocycles. The molecule has 0 amide bonds. The Kier molecular flexibility index (Phi) is 3.86. The van der Waals surface area contributed by atoms with E-state index in [2.05, 4.69) is 36.2 Å². The van der Waals surface area contributed by atoms with E-state index in [9.17, 15) is 0 Å². The van der Waals surface area contributed by atoms with Crippen molar-refractivity contribution in [2.24, 2.45) is 7.05 Å². The molecule has 21 heavy (non-hydrogen) atoms. The number of fused-ring (bicyclic) bond motifs is 2. The maximum absolute atomic E-state index is 6.31. The number of hydrogen-bond donors (Lipinski definition) is 2. The van der Waals surface area contributed by atoms with E-state index in [1.807, 2.05) is 11.7 Å². The summed E-state index contributed by atoms with van der Waals surface area (Å²) in [5, 5.41) is 8.27. The van der Waals surface area contributed by atoms with Crippen LogP contribution in [0.4, 0.5) is 11.5 Å². The van der Waals surface area contributed by atoms with Crippen molar-refractivity contribution < 1.29 is 0 Å². The zero-order valence-electron chi connectivity index (χ0n) is 13.8. The molecular formula is C16H29N5. The molecule has 2 saturated heterocycles. The summed E-state index contributed by atoms with van der Waals surface area (Å²) in [4.78, 5) is 2.59. The molecule has 2 aliphatic rings. The Hall–Kier alpha value is -1.23. The zero-order valence-corrected chi connectivity index (χ0v) is 13.8. The Balaban J connectivity index is 1.76. The predicted octanol–water partition coefficient (Wildman–Crippen LogP) is 2.55. The molecule has 2 unspecified atom stereocenters. The molecule has 0 aromatic carbocycles. The standard InChI is InChI=1S/C16H29N5/c1-10(2)15-14(17)16(21(4)19-15)18-11-8-12-6-5-7-13(9-11)20(12)3/h10-13,18H,5-9,17H2,1-4H3. The number of rotatable bonds is 3. The Labute approximate surface area is 127 Å². The predicted molar refractivity (Wildman–Crippen MR) is 87.5 cm³/mol. The minimum atomic E-state index is 0.364. The molecule has 2 aliphatic heterocycles. The third-order valence-electron chi connectivity index (χ3n) is 5.34. The number of nitrogens with one attached hydrogen (secondary N) is 1. The molecule has 5 heteroatoms. The van der Waals surface area contributed by atoms with E-state index < -0.39 is 0 Å². The Morgan fingerprint density at radius 3 is 2.33 bits per heavy atom. The Bertz CT molecular complexity index is 493. The molecule has 3 N–H and O–H groups in total. The summed E-state index contributed by atoms with van der Waals surface area (Å²) < 4.78 is 1.92. The topological polar surface area (TPSA) is 59.1 Å². The first-order chi connectivity index (χ1) is 9.97. The zero-order chi connectivity index (χ0) is 15.1. The largest absolute Gasteiger partial charge is 0.394 e. The van der Waals surface area contributed by atoms with Crippen LogP contribution >= 0.6 is 0 Å². The lowest BCUT2D eigenvalue weighted by atomic mass is 9.82. The molecule has 2 bridgehead atoms. The summed E-state index contributed by atoms with van der Waals surface area (Å²) >= 11 is 0. The number of nitrogens with zero attached hydrogens (tertiary/aromatic N) is 3. The third kappa shape index (κ3) is 2.63. The number of nitrogens with two attached hydrogens (primary N) is 1. The molecule has 0 saturated carbocycles. The number of aromatic nitrogens is 2. The molecule has 3 rings (SSSR count). The van der Waals surface area contributed by atoms with Gasteiger partial charge in [0.2, 0.25) is 0 Å². The van der Waals surface area contributed by atoms with E-state index in [-0.39, 0.29) is 0 Å². The maximum atomic E-state index is 6.31. The number of hydrogen-bond acceptors (Lipinski definition) is 4. The van der Waals surface area contributed by atoms with Gasteiger partial charge in [0.25, 0.3) is 0 Å². The lowest BCUT2D eigenvalue weighted by molar-refractivity contribution is 0.0607. The monoisotopic (exact) mass is 291 g/mol. The SMILES string of the molecule is CC(C)c1nn(C)c(NC2CC3CCCC(C2)N3C)c1N. The van der Waals surface area contributed by atoms with Gasteiger partial charge in [-0.3, -0.25) is 4.68 Å². The van der Waals surface area contributed by atoms with Crippen LogP contribution in [0.25, 0.3) is 0 Å². The first-order valence-electron chi connectivity index (χ1n) is 8.28. The molecule has 0 radical (unpaired) electrons. The molecule has 0 aliphatic carbocycles. The van der Waals surface area contributed by atoms with Gasteiger partial charge >= 0.3 is 0 Å². The second-order valence-electron chi connectivity index (χ2n) is 7.14. The van der Waals surface area contributed by atoms with Crippen molar-refractivity contribution in [2.45, 2.75) is 70.0 Å². The molecule has 1 aromatic rings. The van der Waals surface area contributed by atoms with Gasteiger partial charge in [0, 0.05) is 25.2 Å². The summed E-state index contributed by atoms with van der Waals surface area (Å²) in [5.74, 6) is 1.37. The highest BCUT2D eigenvalue weighted by Gasteiger charge is 2.36. The van der Waals surface area contributed by atoms with Gasteiger partial charge in [-0.15, -0.1) is 0 Å². The maximum Gasteiger partial charge on any atom is 0.148 e. The van der Waals surface area contributed by atoms with E-state index in [1.165, 1.54) is 32.1 Å². The number of anilines is 2. The van der Waals surface area contributed by atoms with Crippen molar-refractivity contribution in [2.75, 3.05) is 18.1 Å². The smallest absolute Gasteiger partial charge is 0.148 e. The van der Waals surface area contributed by atoms with Gasteiger partial charge < -0.3 is 16.0 Å². The first kappa shape index (κ1) is 14.7. The van der Waals surface area contributed by atoms with Crippen LogP contribution in [0.2, 0.25) is 0 Å². The van der Waals surface area contributed by atoms with E-state index in [0.29, 0.717) is 12.0 Å². The van der Waals surface area contributed by atoms with Crippen LogP contribution in [-0.4, -0.2) is 39.9 Å². The van der Waals surface area contributed by atoms with Crippen molar-refractivity contribution in [1.29, 1.82) is 0 Å². The van der Waals surface area contributed by atoms with E-state index in [1.54, 1.807) is 0 Å². The van der Waals surface area contributed by atoms with Crippen molar-refractivity contribution in [1.82, 2.24) is 14.7 Å². The van der Waals surface area contributed by atoms with Crippen LogP contribution in [0, 0.1) is 0 Å². The molecule has 5 nitrogen and oxygen atoms in total. The van der Waals surface area contributed by atoms with E-state index in [4.69, 9.17) is 5.73 Å². The van der Waals surface area contributed by atoms with Crippen molar-refractivity contribution in [3.8, 4) is 0 Å². The number of piperidine rings is 2. The Morgan fingerprint density at radius 2 is 1.81 bits per heavy atom. The quantitative estimate of drug-likeness (QED) is 0.898. The van der Waals surface area contributed by atoms with Gasteiger partial charge in [0.05, 0.1) is 11.4 Å². The minimum absolute atomic E-state index is 0.364. The summed E-state index contributed by atoms with van der Waals surface area (Å²) in [6, 6.07) is 1.98. The number of nitrogen functional groups attached to an aromatic ring is 1. The summed E-state index contributed by atoms with van der Waals surface area (Å²) in [5.41, 5.74) is 8.15. The highest BCUT2D eigenvalue weighted by Crippen LogP contribution is 2.35. The van der Waals surface area contributed by atoms with Crippen molar-refractivity contribution >= 4 is 11.5 Å². The molecule has 2 atom stereocenters. The average Bonchev–Trinajstić information content (AvgIpc) is 2.68. The van der Waals surface area contributed by atoms with Crippen LogP contribution in [0.1, 0.15) is 57.6 Å². The minimum Gasteiger partial charge on any atom is -0.394 e. The molecular weight excluding hydrogens is 262 g/mol. The first-order valence-corrected chi connectivity index (χ1v) is 8.28. The van der Waals surface area contributed by atoms with Crippen molar-refractivity contribution in [3.63, 3.8) is 0 Å². The van der Waals surface area contributed by atoms with Gasteiger partial charge in [-0.2, -0.15) is 5.10 Å². The van der Waals surface area contributed by atoms with E-state index in [0.717, 1.165) is 29.3 Å². The van der Waals surface area contributed by atoms with Gasteiger partial charge in [0.1, 0.15) is 5.82 Å².